The lowest BCUT2D eigenvalue weighted by atomic mass is 10.0. The summed E-state index contributed by atoms with van der Waals surface area (Å²) in [7, 11) is 0. The van der Waals surface area contributed by atoms with Crippen molar-refractivity contribution in [3.05, 3.63) is 0 Å². The minimum atomic E-state index is -0.495. The molecular weight excluding hydrogens is 294 g/mol. The van der Waals surface area contributed by atoms with Crippen molar-refractivity contribution in [2.75, 3.05) is 32.7 Å². The van der Waals surface area contributed by atoms with Gasteiger partial charge < -0.3 is 15.0 Å². The minimum Gasteiger partial charge on any atom is -0.444 e. The Bertz CT molecular complexity index is 389. The molecule has 1 N–H and O–H groups in total. The van der Waals surface area contributed by atoms with Crippen LogP contribution in [0.25, 0.3) is 0 Å². The summed E-state index contributed by atoms with van der Waals surface area (Å²) in [6.45, 7) is 13.0. The molecule has 1 saturated heterocycles. The van der Waals surface area contributed by atoms with E-state index in [0.29, 0.717) is 19.6 Å². The van der Waals surface area contributed by atoms with Gasteiger partial charge in [0.25, 0.3) is 0 Å². The lowest BCUT2D eigenvalue weighted by molar-refractivity contribution is -0.122. The van der Waals surface area contributed by atoms with Gasteiger partial charge in [-0.1, -0.05) is 13.8 Å². The first kappa shape index (κ1) is 19.7. The summed E-state index contributed by atoms with van der Waals surface area (Å²) in [6.07, 6.45) is 2.70. The highest BCUT2D eigenvalue weighted by Gasteiger charge is 2.30. The third-order valence-corrected chi connectivity index (χ3v) is 4.05. The van der Waals surface area contributed by atoms with Crippen LogP contribution in [0.4, 0.5) is 4.79 Å². The normalized spacial score (nSPS) is 18.9. The number of piperidine rings is 1. The van der Waals surface area contributed by atoms with E-state index in [0.717, 1.165) is 32.4 Å². The highest BCUT2D eigenvalue weighted by Crippen LogP contribution is 2.20. The highest BCUT2D eigenvalue weighted by molar-refractivity contribution is 5.78. The van der Waals surface area contributed by atoms with Crippen LogP contribution in [0, 0.1) is 0 Å². The maximum absolute atomic E-state index is 12.3. The largest absolute Gasteiger partial charge is 0.444 e. The van der Waals surface area contributed by atoms with Gasteiger partial charge in [0.1, 0.15) is 5.60 Å². The molecule has 1 aliphatic heterocycles. The van der Waals surface area contributed by atoms with Crippen molar-refractivity contribution < 1.29 is 14.3 Å². The van der Waals surface area contributed by atoms with Crippen LogP contribution in [0.3, 0.4) is 0 Å². The summed E-state index contributed by atoms with van der Waals surface area (Å²) < 4.78 is 5.48. The van der Waals surface area contributed by atoms with E-state index in [-0.39, 0.29) is 18.0 Å². The molecule has 0 spiro atoms. The molecule has 2 amide bonds. The highest BCUT2D eigenvalue weighted by atomic mass is 16.6. The number of ether oxygens (including phenoxy) is 1. The molecule has 0 saturated carbocycles. The summed E-state index contributed by atoms with van der Waals surface area (Å²) in [5, 5.41) is 2.97. The van der Waals surface area contributed by atoms with E-state index in [2.05, 4.69) is 10.2 Å². The molecule has 1 heterocycles. The summed E-state index contributed by atoms with van der Waals surface area (Å²) in [5.41, 5.74) is -0.495. The Morgan fingerprint density at radius 2 is 1.87 bits per heavy atom. The number of carbonyl (C=O) groups is 2. The molecule has 1 fully saturated rings. The smallest absolute Gasteiger partial charge is 0.410 e. The average Bonchev–Trinajstić information content (AvgIpc) is 2.49. The van der Waals surface area contributed by atoms with Gasteiger partial charge in [-0.3, -0.25) is 9.69 Å². The van der Waals surface area contributed by atoms with Crippen molar-refractivity contribution in [1.82, 2.24) is 15.1 Å². The quantitative estimate of drug-likeness (QED) is 0.813. The molecule has 0 aliphatic carbocycles. The Morgan fingerprint density at radius 3 is 2.43 bits per heavy atom. The molecule has 23 heavy (non-hydrogen) atoms. The second-order valence-electron chi connectivity index (χ2n) is 7.09. The number of likely N-dealkylation sites (tertiary alicyclic amines) is 1. The summed E-state index contributed by atoms with van der Waals surface area (Å²) in [5.74, 6) is 0.0170. The van der Waals surface area contributed by atoms with Crippen LogP contribution in [0.2, 0.25) is 0 Å². The first-order chi connectivity index (χ1) is 10.8. The van der Waals surface area contributed by atoms with Crippen molar-refractivity contribution in [1.29, 1.82) is 0 Å². The molecule has 0 aromatic carbocycles. The van der Waals surface area contributed by atoms with E-state index in [1.165, 1.54) is 0 Å². The predicted molar refractivity (Wildman–Crippen MR) is 91.4 cm³/mol. The van der Waals surface area contributed by atoms with Gasteiger partial charge in [-0.25, -0.2) is 4.79 Å². The Kier molecular flexibility index (Phi) is 7.82. The van der Waals surface area contributed by atoms with Crippen molar-refractivity contribution in [2.45, 2.75) is 65.5 Å². The molecule has 1 rings (SSSR count). The van der Waals surface area contributed by atoms with Gasteiger partial charge in [0.05, 0.1) is 12.6 Å². The SMILES string of the molecule is CCN(CC)CC(=O)NCC1CCCCN1C(=O)OC(C)(C)C. The second-order valence-corrected chi connectivity index (χ2v) is 7.09. The van der Waals surface area contributed by atoms with E-state index < -0.39 is 5.60 Å². The van der Waals surface area contributed by atoms with Gasteiger partial charge >= 0.3 is 6.09 Å². The summed E-state index contributed by atoms with van der Waals surface area (Å²) in [4.78, 5) is 28.2. The van der Waals surface area contributed by atoms with Gasteiger partial charge in [-0.15, -0.1) is 0 Å². The van der Waals surface area contributed by atoms with Gasteiger partial charge in [-0.05, 0) is 53.1 Å². The van der Waals surface area contributed by atoms with Crippen LogP contribution in [-0.4, -0.2) is 66.2 Å². The molecule has 1 aliphatic rings. The lowest BCUT2D eigenvalue weighted by Gasteiger charge is -2.36. The number of carbonyl (C=O) groups excluding carboxylic acids is 2. The van der Waals surface area contributed by atoms with Gasteiger partial charge in [-0.2, -0.15) is 0 Å². The molecule has 0 bridgehead atoms. The van der Waals surface area contributed by atoms with Gasteiger partial charge in [0.2, 0.25) is 5.91 Å². The first-order valence-corrected chi connectivity index (χ1v) is 8.75. The van der Waals surface area contributed by atoms with Crippen LogP contribution >= 0.6 is 0 Å². The molecule has 0 radical (unpaired) electrons. The van der Waals surface area contributed by atoms with Crippen LogP contribution in [0.1, 0.15) is 53.9 Å². The Morgan fingerprint density at radius 1 is 1.22 bits per heavy atom. The van der Waals surface area contributed by atoms with Crippen LogP contribution in [0.15, 0.2) is 0 Å². The minimum absolute atomic E-state index is 0.0170. The molecule has 134 valence electrons. The molecule has 0 aromatic rings. The molecule has 1 unspecified atom stereocenters. The standard InChI is InChI=1S/C17H33N3O3/c1-6-19(7-2)13-15(21)18-12-14-10-8-9-11-20(14)16(22)23-17(3,4)5/h14H,6-13H2,1-5H3,(H,18,21). The fourth-order valence-electron chi connectivity index (χ4n) is 2.71. The van der Waals surface area contributed by atoms with Crippen molar-refractivity contribution >= 4 is 12.0 Å². The zero-order valence-electron chi connectivity index (χ0n) is 15.4. The zero-order valence-corrected chi connectivity index (χ0v) is 15.4. The topological polar surface area (TPSA) is 61.9 Å². The molecular formula is C17H33N3O3. The number of hydrogen-bond acceptors (Lipinski definition) is 4. The number of rotatable bonds is 6. The lowest BCUT2D eigenvalue weighted by Crippen LogP contribution is -2.51. The van der Waals surface area contributed by atoms with E-state index >= 15 is 0 Å². The Hall–Kier alpha value is -1.30. The van der Waals surface area contributed by atoms with Gasteiger partial charge in [0, 0.05) is 13.1 Å². The molecule has 0 aromatic heterocycles. The number of hydrogen-bond donors (Lipinski definition) is 1. The fraction of sp³-hybridized carbons (Fsp3) is 0.882. The Labute approximate surface area is 140 Å². The van der Waals surface area contributed by atoms with Crippen LogP contribution < -0.4 is 5.32 Å². The molecule has 1 atom stereocenters. The number of nitrogens with one attached hydrogen (secondary N) is 1. The first-order valence-electron chi connectivity index (χ1n) is 8.75. The van der Waals surface area contributed by atoms with E-state index in [4.69, 9.17) is 4.74 Å². The van der Waals surface area contributed by atoms with Gasteiger partial charge in [0.15, 0.2) is 0 Å². The van der Waals surface area contributed by atoms with Crippen LogP contribution in [0.5, 0.6) is 0 Å². The third-order valence-electron chi connectivity index (χ3n) is 4.05. The number of likely N-dealkylation sites (N-methyl/N-ethyl adjacent to an activating group) is 1. The maximum atomic E-state index is 12.3. The Balaban J connectivity index is 2.52. The number of nitrogens with zero attached hydrogens (tertiary/aromatic N) is 2. The van der Waals surface area contributed by atoms with E-state index in [9.17, 15) is 9.59 Å². The van der Waals surface area contributed by atoms with Crippen LogP contribution in [-0.2, 0) is 9.53 Å². The van der Waals surface area contributed by atoms with E-state index in [1.54, 1.807) is 4.90 Å². The zero-order chi connectivity index (χ0) is 17.5. The average molecular weight is 327 g/mol. The third kappa shape index (κ3) is 7.20. The van der Waals surface area contributed by atoms with Crippen molar-refractivity contribution in [2.24, 2.45) is 0 Å². The van der Waals surface area contributed by atoms with Crippen molar-refractivity contribution in [3.63, 3.8) is 0 Å². The summed E-state index contributed by atoms with van der Waals surface area (Å²) >= 11 is 0. The molecule has 6 nitrogen and oxygen atoms in total. The summed E-state index contributed by atoms with van der Waals surface area (Å²) in [6, 6.07) is 0.0271. The van der Waals surface area contributed by atoms with E-state index in [1.807, 2.05) is 34.6 Å². The predicted octanol–water partition coefficient (Wildman–Crippen LogP) is 2.23. The number of amides is 2. The fourth-order valence-corrected chi connectivity index (χ4v) is 2.71. The van der Waals surface area contributed by atoms with Crippen molar-refractivity contribution in [3.8, 4) is 0 Å². The second kappa shape index (κ2) is 9.11. The monoisotopic (exact) mass is 327 g/mol. The molecule has 6 heteroatoms. The maximum Gasteiger partial charge on any atom is 0.410 e.